The summed E-state index contributed by atoms with van der Waals surface area (Å²) >= 11 is 0. The first-order valence-corrected chi connectivity index (χ1v) is 4.11. The number of hydrogen-bond donors (Lipinski definition) is 0. The maximum absolute atomic E-state index is 3.81. The van der Waals surface area contributed by atoms with Crippen molar-refractivity contribution < 1.29 is 0 Å². The molecule has 0 aliphatic rings. The van der Waals surface area contributed by atoms with E-state index in [1.807, 2.05) is 0 Å². The molecule has 0 aliphatic heterocycles. The van der Waals surface area contributed by atoms with Crippen molar-refractivity contribution in [3.8, 4) is 0 Å². The van der Waals surface area contributed by atoms with Crippen LogP contribution in [0.4, 0.5) is 0 Å². The molecule has 0 fully saturated rings. The second-order valence-electron chi connectivity index (χ2n) is 4.13. The van der Waals surface area contributed by atoms with Crippen LogP contribution in [0.3, 0.4) is 0 Å². The molecule has 0 heteroatoms. The molecular formula is C10H20. The van der Waals surface area contributed by atoms with Gasteiger partial charge in [0.15, 0.2) is 0 Å². The Kier molecular flexibility index (Phi) is 3.70. The van der Waals surface area contributed by atoms with Crippen LogP contribution in [0.5, 0.6) is 0 Å². The van der Waals surface area contributed by atoms with Crippen LogP contribution in [0.15, 0.2) is 12.7 Å². The smallest absolute Gasteiger partial charge is 0.0177 e. The zero-order valence-electron chi connectivity index (χ0n) is 7.78. The van der Waals surface area contributed by atoms with Gasteiger partial charge in [-0.2, -0.15) is 0 Å². The van der Waals surface area contributed by atoms with Gasteiger partial charge in [-0.25, -0.2) is 0 Å². The third-order valence-corrected chi connectivity index (χ3v) is 1.92. The van der Waals surface area contributed by atoms with E-state index in [4.69, 9.17) is 0 Å². The van der Waals surface area contributed by atoms with Crippen LogP contribution in [0, 0.1) is 11.3 Å². The molecule has 0 aromatic rings. The van der Waals surface area contributed by atoms with Gasteiger partial charge in [0, 0.05) is 0 Å². The number of allylic oxidation sites excluding steroid dienone is 1. The molecule has 0 aliphatic carbocycles. The molecule has 0 aromatic carbocycles. The molecular weight excluding hydrogens is 120 g/mol. The van der Waals surface area contributed by atoms with Crippen molar-refractivity contribution >= 4 is 0 Å². The fraction of sp³-hybridized carbons (Fsp3) is 0.800. The maximum Gasteiger partial charge on any atom is -0.0177 e. The first-order valence-electron chi connectivity index (χ1n) is 4.11. The van der Waals surface area contributed by atoms with E-state index in [1.54, 1.807) is 0 Å². The van der Waals surface area contributed by atoms with E-state index in [2.05, 4.69) is 40.3 Å². The van der Waals surface area contributed by atoms with E-state index in [0.717, 1.165) is 5.92 Å². The highest BCUT2D eigenvalue weighted by atomic mass is 14.2. The maximum atomic E-state index is 3.81. The van der Waals surface area contributed by atoms with Gasteiger partial charge in [-0.05, 0) is 17.8 Å². The van der Waals surface area contributed by atoms with Crippen LogP contribution in [0.1, 0.15) is 40.5 Å². The Morgan fingerprint density at radius 2 is 1.90 bits per heavy atom. The summed E-state index contributed by atoms with van der Waals surface area (Å²) in [6.07, 6.45) is 4.61. The van der Waals surface area contributed by atoms with E-state index in [-0.39, 0.29) is 0 Å². The highest BCUT2D eigenvalue weighted by Gasteiger charge is 2.12. The minimum absolute atomic E-state index is 0.338. The predicted molar refractivity (Wildman–Crippen MR) is 48.1 cm³/mol. The third kappa shape index (κ3) is 4.60. The van der Waals surface area contributed by atoms with Crippen molar-refractivity contribution in [2.24, 2.45) is 11.3 Å². The van der Waals surface area contributed by atoms with Gasteiger partial charge in [-0.15, -0.1) is 6.58 Å². The molecule has 0 nitrogen and oxygen atoms in total. The summed E-state index contributed by atoms with van der Waals surface area (Å²) in [4.78, 5) is 0. The van der Waals surface area contributed by atoms with Crippen LogP contribution in [-0.4, -0.2) is 0 Å². The predicted octanol–water partition coefficient (Wildman–Crippen LogP) is 3.63. The average molecular weight is 140 g/mol. The molecule has 0 atom stereocenters. The number of rotatable bonds is 4. The average Bonchev–Trinajstić information content (AvgIpc) is 1.85. The quantitative estimate of drug-likeness (QED) is 0.523. The molecule has 60 valence electrons. The third-order valence-electron chi connectivity index (χ3n) is 1.92. The highest BCUT2D eigenvalue weighted by molar-refractivity contribution is 4.87. The lowest BCUT2D eigenvalue weighted by molar-refractivity contribution is 0.384. The molecule has 0 radical (unpaired) electrons. The Balaban J connectivity index is 3.56. The molecule has 0 saturated heterocycles. The van der Waals surface area contributed by atoms with Gasteiger partial charge in [0.25, 0.3) is 0 Å². The summed E-state index contributed by atoms with van der Waals surface area (Å²) in [6.45, 7) is 12.8. The van der Waals surface area contributed by atoms with Gasteiger partial charge < -0.3 is 0 Å². The second kappa shape index (κ2) is 3.80. The van der Waals surface area contributed by atoms with Crippen LogP contribution >= 0.6 is 0 Å². The van der Waals surface area contributed by atoms with Crippen molar-refractivity contribution in [1.29, 1.82) is 0 Å². The Labute approximate surface area is 65.3 Å². The zero-order chi connectivity index (χ0) is 8.20. The largest absolute Gasteiger partial charge is 0.103 e. The Morgan fingerprint density at radius 1 is 1.40 bits per heavy atom. The Hall–Kier alpha value is -0.260. The lowest BCUT2D eigenvalue weighted by atomic mass is 9.86. The molecule has 0 saturated carbocycles. The van der Waals surface area contributed by atoms with Gasteiger partial charge in [-0.1, -0.05) is 40.2 Å². The van der Waals surface area contributed by atoms with E-state index in [9.17, 15) is 0 Å². The minimum Gasteiger partial charge on any atom is -0.103 e. The lowest BCUT2D eigenvalue weighted by Gasteiger charge is -2.20. The monoisotopic (exact) mass is 140 g/mol. The molecule has 0 spiro atoms. The lowest BCUT2D eigenvalue weighted by Crippen LogP contribution is -2.07. The standard InChI is InChI=1S/C10H20/c1-6-10(4,5)8-7-9(2)3/h6,9H,1,7-8H2,2-5H3. The van der Waals surface area contributed by atoms with Crippen molar-refractivity contribution in [2.45, 2.75) is 40.5 Å². The van der Waals surface area contributed by atoms with Crippen molar-refractivity contribution in [3.63, 3.8) is 0 Å². The SMILES string of the molecule is C=CC(C)(C)CCC(C)C. The van der Waals surface area contributed by atoms with Gasteiger partial charge in [0.05, 0.1) is 0 Å². The minimum atomic E-state index is 0.338. The first kappa shape index (κ1) is 9.74. The Morgan fingerprint density at radius 3 is 2.20 bits per heavy atom. The van der Waals surface area contributed by atoms with Gasteiger partial charge in [0.2, 0.25) is 0 Å². The summed E-state index contributed by atoms with van der Waals surface area (Å²) in [5.74, 6) is 0.819. The van der Waals surface area contributed by atoms with Gasteiger partial charge in [0.1, 0.15) is 0 Å². The van der Waals surface area contributed by atoms with Crippen molar-refractivity contribution in [3.05, 3.63) is 12.7 Å². The van der Waals surface area contributed by atoms with Crippen LogP contribution in [0.2, 0.25) is 0 Å². The van der Waals surface area contributed by atoms with E-state index >= 15 is 0 Å². The molecule has 0 bridgehead atoms. The summed E-state index contributed by atoms with van der Waals surface area (Å²) in [5.41, 5.74) is 0.338. The summed E-state index contributed by atoms with van der Waals surface area (Å²) in [6, 6.07) is 0. The van der Waals surface area contributed by atoms with E-state index in [0.29, 0.717) is 5.41 Å². The van der Waals surface area contributed by atoms with E-state index in [1.165, 1.54) is 12.8 Å². The van der Waals surface area contributed by atoms with Gasteiger partial charge in [-0.3, -0.25) is 0 Å². The molecule has 0 N–H and O–H groups in total. The summed E-state index contributed by atoms with van der Waals surface area (Å²) < 4.78 is 0. The fourth-order valence-corrected chi connectivity index (χ4v) is 0.763. The zero-order valence-corrected chi connectivity index (χ0v) is 7.78. The second-order valence-corrected chi connectivity index (χ2v) is 4.13. The summed E-state index contributed by atoms with van der Waals surface area (Å²) in [5, 5.41) is 0. The van der Waals surface area contributed by atoms with Crippen molar-refractivity contribution in [1.82, 2.24) is 0 Å². The van der Waals surface area contributed by atoms with Crippen LogP contribution in [0.25, 0.3) is 0 Å². The first-order chi connectivity index (χ1) is 4.48. The highest BCUT2D eigenvalue weighted by Crippen LogP contribution is 2.25. The normalized spacial score (nSPS) is 12.1. The topological polar surface area (TPSA) is 0 Å². The number of hydrogen-bond acceptors (Lipinski definition) is 0. The van der Waals surface area contributed by atoms with Crippen LogP contribution < -0.4 is 0 Å². The van der Waals surface area contributed by atoms with Crippen LogP contribution in [-0.2, 0) is 0 Å². The van der Waals surface area contributed by atoms with Crippen molar-refractivity contribution in [2.75, 3.05) is 0 Å². The molecule has 0 amide bonds. The molecule has 0 unspecified atom stereocenters. The fourth-order valence-electron chi connectivity index (χ4n) is 0.763. The molecule has 0 aromatic heterocycles. The Bertz CT molecular complexity index is 98.6. The van der Waals surface area contributed by atoms with Gasteiger partial charge >= 0.3 is 0 Å². The molecule has 0 heterocycles. The summed E-state index contributed by atoms with van der Waals surface area (Å²) in [7, 11) is 0. The molecule has 10 heavy (non-hydrogen) atoms. The van der Waals surface area contributed by atoms with E-state index < -0.39 is 0 Å². The molecule has 0 rings (SSSR count).